The van der Waals surface area contributed by atoms with Crippen LogP contribution in [-0.2, 0) is 5.41 Å². The average Bonchev–Trinajstić information content (AvgIpc) is 3.71. The number of aromatic nitrogens is 2. The molecule has 0 atom stereocenters. The van der Waals surface area contributed by atoms with Gasteiger partial charge in [0, 0.05) is 16.7 Å². The SMILES string of the molecule is c1ccc(-c2nc(-c3ccc(-c4c5ccccc5c(-c5ccccc5)c5c4ccc4ccccc45)cc3)cc(-c3ccc4c(c3)-c3ccccc3C4(c3ccccc3)c3ccccc3)n2)cc1. The van der Waals surface area contributed by atoms with Crippen LogP contribution in [0.4, 0.5) is 0 Å². The third-order valence-corrected chi connectivity index (χ3v) is 14.0. The van der Waals surface area contributed by atoms with Crippen LogP contribution in [0.1, 0.15) is 22.3 Å². The Labute approximate surface area is 390 Å². The van der Waals surface area contributed by atoms with E-state index >= 15 is 0 Å². The molecule has 0 saturated heterocycles. The first-order valence-corrected chi connectivity index (χ1v) is 23.1. The number of hydrogen-bond donors (Lipinski definition) is 0. The van der Waals surface area contributed by atoms with Gasteiger partial charge in [0.05, 0.1) is 16.8 Å². The van der Waals surface area contributed by atoms with Crippen molar-refractivity contribution in [3.05, 3.63) is 277 Å². The van der Waals surface area contributed by atoms with E-state index in [1.165, 1.54) is 82.4 Å². The van der Waals surface area contributed by atoms with Gasteiger partial charge in [-0.05, 0) is 100 Å². The Kier molecular flexibility index (Phi) is 9.11. The first kappa shape index (κ1) is 38.7. The highest BCUT2D eigenvalue weighted by Gasteiger charge is 2.46. The summed E-state index contributed by atoms with van der Waals surface area (Å²) in [5.74, 6) is 0.696. The highest BCUT2D eigenvalue weighted by atomic mass is 14.9. The predicted octanol–water partition coefficient (Wildman–Crippen LogP) is 16.6. The number of nitrogens with zero attached hydrogens (tertiary/aromatic N) is 2. The lowest BCUT2D eigenvalue weighted by Crippen LogP contribution is -2.28. The molecule has 0 fully saturated rings. The molecule has 1 aromatic heterocycles. The molecule has 0 saturated carbocycles. The van der Waals surface area contributed by atoms with Gasteiger partial charge in [-0.1, -0.05) is 243 Å². The molecule has 1 heterocycles. The van der Waals surface area contributed by atoms with Crippen LogP contribution in [0.25, 0.3) is 99.6 Å². The van der Waals surface area contributed by atoms with Gasteiger partial charge in [-0.2, -0.15) is 0 Å². The van der Waals surface area contributed by atoms with E-state index in [1.54, 1.807) is 0 Å². The Morgan fingerprint density at radius 3 is 1.46 bits per heavy atom. The Morgan fingerprint density at radius 1 is 0.284 bits per heavy atom. The van der Waals surface area contributed by atoms with E-state index in [1.807, 2.05) is 6.07 Å². The van der Waals surface area contributed by atoms with E-state index in [9.17, 15) is 0 Å². The highest BCUT2D eigenvalue weighted by Crippen LogP contribution is 2.56. The largest absolute Gasteiger partial charge is 0.228 e. The van der Waals surface area contributed by atoms with Gasteiger partial charge in [-0.15, -0.1) is 0 Å². The van der Waals surface area contributed by atoms with Gasteiger partial charge in [-0.25, -0.2) is 9.97 Å². The van der Waals surface area contributed by atoms with Crippen LogP contribution in [0, 0.1) is 0 Å². The number of hydrogen-bond acceptors (Lipinski definition) is 2. The molecular formula is C65H42N2. The molecule has 312 valence electrons. The van der Waals surface area contributed by atoms with Crippen molar-refractivity contribution in [2.45, 2.75) is 5.41 Å². The molecule has 13 rings (SSSR count). The Balaban J connectivity index is 0.979. The number of fused-ring (bicyclic) bond motifs is 7. The van der Waals surface area contributed by atoms with Crippen molar-refractivity contribution in [2.75, 3.05) is 0 Å². The van der Waals surface area contributed by atoms with Crippen molar-refractivity contribution < 1.29 is 0 Å². The zero-order valence-corrected chi connectivity index (χ0v) is 36.6. The maximum Gasteiger partial charge on any atom is 0.160 e. The summed E-state index contributed by atoms with van der Waals surface area (Å²) in [4.78, 5) is 10.6. The summed E-state index contributed by atoms with van der Waals surface area (Å²) in [5.41, 5.74) is 16.7. The fraction of sp³-hybridized carbons (Fsp3) is 0.0154. The van der Waals surface area contributed by atoms with Gasteiger partial charge in [-0.3, -0.25) is 0 Å². The third-order valence-electron chi connectivity index (χ3n) is 14.0. The van der Waals surface area contributed by atoms with Gasteiger partial charge in [0.2, 0.25) is 0 Å². The molecule has 0 amide bonds. The Morgan fingerprint density at radius 2 is 0.776 bits per heavy atom. The molecule has 0 bridgehead atoms. The van der Waals surface area contributed by atoms with Gasteiger partial charge in [0.25, 0.3) is 0 Å². The summed E-state index contributed by atoms with van der Waals surface area (Å²) in [7, 11) is 0. The van der Waals surface area contributed by atoms with Crippen LogP contribution in [0.3, 0.4) is 0 Å². The Hall–Kier alpha value is -8.72. The molecule has 67 heavy (non-hydrogen) atoms. The maximum atomic E-state index is 5.31. The fourth-order valence-electron chi connectivity index (χ4n) is 11.0. The van der Waals surface area contributed by atoms with Gasteiger partial charge < -0.3 is 0 Å². The lowest BCUT2D eigenvalue weighted by molar-refractivity contribution is 0.768. The lowest BCUT2D eigenvalue weighted by Gasteiger charge is -2.33. The van der Waals surface area contributed by atoms with Crippen molar-refractivity contribution in [1.29, 1.82) is 0 Å². The second-order valence-corrected chi connectivity index (χ2v) is 17.6. The van der Waals surface area contributed by atoms with Crippen LogP contribution in [-0.4, -0.2) is 9.97 Å². The maximum absolute atomic E-state index is 5.31. The van der Waals surface area contributed by atoms with E-state index in [0.717, 1.165) is 33.6 Å². The molecule has 2 nitrogen and oxygen atoms in total. The second kappa shape index (κ2) is 15.8. The molecule has 1 aliphatic carbocycles. The zero-order chi connectivity index (χ0) is 44.3. The smallest absolute Gasteiger partial charge is 0.160 e. The minimum absolute atomic E-state index is 0.466. The van der Waals surface area contributed by atoms with Crippen LogP contribution in [0.15, 0.2) is 255 Å². The molecule has 0 spiro atoms. The van der Waals surface area contributed by atoms with E-state index < -0.39 is 5.41 Å². The van der Waals surface area contributed by atoms with Crippen LogP contribution < -0.4 is 0 Å². The van der Waals surface area contributed by atoms with Crippen LogP contribution >= 0.6 is 0 Å². The zero-order valence-electron chi connectivity index (χ0n) is 36.6. The highest BCUT2D eigenvalue weighted by molar-refractivity contribution is 6.27. The van der Waals surface area contributed by atoms with E-state index in [4.69, 9.17) is 9.97 Å². The first-order valence-electron chi connectivity index (χ1n) is 23.1. The van der Waals surface area contributed by atoms with E-state index in [0.29, 0.717) is 5.82 Å². The molecule has 0 radical (unpaired) electrons. The van der Waals surface area contributed by atoms with Crippen molar-refractivity contribution in [3.8, 4) is 67.3 Å². The summed E-state index contributed by atoms with van der Waals surface area (Å²) in [5, 5.41) is 7.47. The van der Waals surface area contributed by atoms with Crippen LogP contribution in [0.5, 0.6) is 0 Å². The quantitative estimate of drug-likeness (QED) is 0.118. The van der Waals surface area contributed by atoms with Crippen LogP contribution in [0.2, 0.25) is 0 Å². The molecule has 11 aromatic carbocycles. The molecule has 2 heteroatoms. The number of benzene rings is 11. The summed E-state index contributed by atoms with van der Waals surface area (Å²) < 4.78 is 0. The van der Waals surface area contributed by atoms with Crippen molar-refractivity contribution in [3.63, 3.8) is 0 Å². The van der Waals surface area contributed by atoms with Crippen molar-refractivity contribution in [1.82, 2.24) is 9.97 Å². The lowest BCUT2D eigenvalue weighted by atomic mass is 9.67. The standard InChI is InChI=1S/C65H42N2/c1-5-20-45(21-6-1)62-54-31-16-15-30-53(54)61(55-39-37-43-19-13-14-28-51(43)63(55)62)46-35-33-44(34-36-46)59-42-60(67-64(66-59)47-22-7-2-8-23-47)48-38-40-58-56(41-48)52-29-17-18-32-57(52)65(58,49-24-9-3-10-25-49)50-26-11-4-12-27-50/h1-42H. The summed E-state index contributed by atoms with van der Waals surface area (Å²) >= 11 is 0. The summed E-state index contributed by atoms with van der Waals surface area (Å²) in [6, 6.07) is 92.4. The molecule has 1 aliphatic rings. The van der Waals surface area contributed by atoms with Gasteiger partial charge in [0.1, 0.15) is 0 Å². The summed E-state index contributed by atoms with van der Waals surface area (Å²) in [6.07, 6.45) is 0. The average molecular weight is 851 g/mol. The minimum atomic E-state index is -0.466. The second-order valence-electron chi connectivity index (χ2n) is 17.6. The predicted molar refractivity (Wildman–Crippen MR) is 279 cm³/mol. The molecular weight excluding hydrogens is 809 g/mol. The van der Waals surface area contributed by atoms with Crippen molar-refractivity contribution >= 4 is 32.3 Å². The minimum Gasteiger partial charge on any atom is -0.228 e. The van der Waals surface area contributed by atoms with Gasteiger partial charge in [0.15, 0.2) is 5.82 Å². The monoisotopic (exact) mass is 850 g/mol. The topological polar surface area (TPSA) is 25.8 Å². The van der Waals surface area contributed by atoms with E-state index in [2.05, 4.69) is 249 Å². The molecule has 0 unspecified atom stereocenters. The molecule has 0 aliphatic heterocycles. The molecule has 12 aromatic rings. The Bertz CT molecular complexity index is 3780. The first-order chi connectivity index (χ1) is 33.2. The van der Waals surface area contributed by atoms with Gasteiger partial charge >= 0.3 is 0 Å². The third kappa shape index (κ3) is 6.18. The van der Waals surface area contributed by atoms with E-state index in [-0.39, 0.29) is 0 Å². The normalized spacial score (nSPS) is 12.6. The van der Waals surface area contributed by atoms with Crippen molar-refractivity contribution in [2.24, 2.45) is 0 Å². The molecule has 0 N–H and O–H groups in total. The number of rotatable bonds is 7. The summed E-state index contributed by atoms with van der Waals surface area (Å²) in [6.45, 7) is 0. The fourth-order valence-corrected chi connectivity index (χ4v) is 11.0.